The Kier molecular flexibility index (Phi) is 1.25. The van der Waals surface area contributed by atoms with Gasteiger partial charge in [0.15, 0.2) is 0 Å². The molecular weight excluding hydrogens is 136 g/mol. The van der Waals surface area contributed by atoms with Crippen LogP contribution in [0.15, 0.2) is 0 Å². The van der Waals surface area contributed by atoms with Crippen molar-refractivity contribution >= 4 is 5.78 Å². The van der Waals surface area contributed by atoms with E-state index in [1.807, 2.05) is 0 Å². The maximum Gasteiger partial charge on any atom is 0.139 e. The van der Waals surface area contributed by atoms with Crippen molar-refractivity contribution in [3.05, 3.63) is 0 Å². The van der Waals surface area contributed by atoms with Crippen LogP contribution >= 0.6 is 0 Å². The van der Waals surface area contributed by atoms with E-state index in [0.717, 1.165) is 12.3 Å². The molecule has 0 aromatic rings. The van der Waals surface area contributed by atoms with Crippen molar-refractivity contribution in [2.75, 3.05) is 0 Å². The number of hydrogen-bond donors (Lipinski definition) is 0. The molecule has 0 aromatic carbocycles. The maximum absolute atomic E-state index is 11.6. The third-order valence-corrected chi connectivity index (χ3v) is 3.75. The van der Waals surface area contributed by atoms with E-state index in [9.17, 15) is 4.79 Å². The van der Waals surface area contributed by atoms with Crippen LogP contribution in [0.4, 0.5) is 0 Å². The van der Waals surface area contributed by atoms with Crippen LogP contribution in [-0.2, 0) is 4.79 Å². The van der Waals surface area contributed by atoms with Crippen LogP contribution in [0.3, 0.4) is 0 Å². The first-order valence-corrected chi connectivity index (χ1v) is 4.59. The molecule has 2 rings (SSSR count). The van der Waals surface area contributed by atoms with Gasteiger partial charge in [-0.25, -0.2) is 0 Å². The van der Waals surface area contributed by atoms with Crippen molar-refractivity contribution in [3.8, 4) is 0 Å². The molecule has 0 heterocycles. The first-order valence-electron chi connectivity index (χ1n) is 4.59. The Hall–Kier alpha value is -0.330. The van der Waals surface area contributed by atoms with E-state index in [1.165, 1.54) is 6.42 Å². The Morgan fingerprint density at radius 2 is 2.00 bits per heavy atom. The fraction of sp³-hybridized carbons (Fsp3) is 0.900. The zero-order chi connectivity index (χ0) is 8.22. The van der Waals surface area contributed by atoms with E-state index in [0.29, 0.717) is 23.0 Å². The zero-order valence-corrected chi connectivity index (χ0v) is 7.55. The van der Waals surface area contributed by atoms with Gasteiger partial charge in [0, 0.05) is 11.8 Å². The fourth-order valence-corrected chi connectivity index (χ4v) is 2.73. The molecule has 0 radical (unpaired) electrons. The van der Waals surface area contributed by atoms with Gasteiger partial charge < -0.3 is 0 Å². The highest BCUT2D eigenvalue weighted by atomic mass is 16.1. The Morgan fingerprint density at radius 1 is 1.36 bits per heavy atom. The second kappa shape index (κ2) is 1.88. The van der Waals surface area contributed by atoms with Crippen LogP contribution in [0.2, 0.25) is 0 Å². The number of Topliss-reactive ketones (excluding diaryl/α,β-unsaturated/α-hetero) is 1. The van der Waals surface area contributed by atoms with Gasteiger partial charge in [-0.1, -0.05) is 20.8 Å². The topological polar surface area (TPSA) is 17.1 Å². The second-order valence-electron chi connectivity index (χ2n) is 4.79. The molecule has 2 aliphatic rings. The molecule has 0 saturated heterocycles. The molecule has 2 aliphatic carbocycles. The Bertz CT molecular complexity index is 205. The minimum atomic E-state index is 0.345. The van der Waals surface area contributed by atoms with Gasteiger partial charge in [0.2, 0.25) is 0 Å². The molecule has 0 spiro atoms. The summed E-state index contributed by atoms with van der Waals surface area (Å²) in [5, 5.41) is 0. The minimum Gasteiger partial charge on any atom is -0.299 e. The van der Waals surface area contributed by atoms with Gasteiger partial charge in [-0.15, -0.1) is 0 Å². The van der Waals surface area contributed by atoms with Crippen LogP contribution in [0, 0.1) is 23.2 Å². The first kappa shape index (κ1) is 7.33. The highest BCUT2D eigenvalue weighted by Crippen LogP contribution is 2.64. The lowest BCUT2D eigenvalue weighted by Crippen LogP contribution is -2.19. The van der Waals surface area contributed by atoms with E-state index >= 15 is 0 Å². The summed E-state index contributed by atoms with van der Waals surface area (Å²) >= 11 is 0. The predicted octanol–water partition coefficient (Wildman–Crippen LogP) is 2.26. The Labute approximate surface area is 68.2 Å². The van der Waals surface area contributed by atoms with E-state index in [1.54, 1.807) is 0 Å². The molecule has 0 amide bonds. The summed E-state index contributed by atoms with van der Waals surface area (Å²) in [6, 6.07) is 0. The summed E-state index contributed by atoms with van der Waals surface area (Å²) in [4.78, 5) is 11.6. The molecule has 0 bridgehead atoms. The van der Waals surface area contributed by atoms with Crippen molar-refractivity contribution in [1.82, 2.24) is 0 Å². The van der Waals surface area contributed by atoms with Crippen LogP contribution < -0.4 is 0 Å². The van der Waals surface area contributed by atoms with Crippen LogP contribution in [0.1, 0.15) is 33.6 Å². The largest absolute Gasteiger partial charge is 0.299 e. The third-order valence-electron chi connectivity index (χ3n) is 3.75. The monoisotopic (exact) mass is 152 g/mol. The molecule has 0 N–H and O–H groups in total. The SMILES string of the molecule is CC1CCC2[C@@H](C1=O)C2(C)C. The molecular formula is C10H16O. The van der Waals surface area contributed by atoms with Gasteiger partial charge in [0.05, 0.1) is 0 Å². The van der Waals surface area contributed by atoms with Crippen molar-refractivity contribution in [3.63, 3.8) is 0 Å². The standard InChI is InChI=1S/C10H16O/c1-6-4-5-7-8(9(6)11)10(7,2)3/h6-8H,4-5H2,1-3H3/t6?,7?,8-/m0/s1. The highest BCUT2D eigenvalue weighted by Gasteiger charge is 2.63. The van der Waals surface area contributed by atoms with Gasteiger partial charge in [-0.3, -0.25) is 4.79 Å². The van der Waals surface area contributed by atoms with Gasteiger partial charge in [0.1, 0.15) is 5.78 Å². The van der Waals surface area contributed by atoms with E-state index in [2.05, 4.69) is 20.8 Å². The van der Waals surface area contributed by atoms with Crippen molar-refractivity contribution in [1.29, 1.82) is 0 Å². The molecule has 11 heavy (non-hydrogen) atoms. The Morgan fingerprint density at radius 3 is 2.55 bits per heavy atom. The molecule has 1 nitrogen and oxygen atoms in total. The lowest BCUT2D eigenvalue weighted by Gasteiger charge is -2.14. The van der Waals surface area contributed by atoms with Crippen LogP contribution in [0.5, 0.6) is 0 Å². The highest BCUT2D eigenvalue weighted by molar-refractivity contribution is 5.88. The average molecular weight is 152 g/mol. The molecule has 62 valence electrons. The van der Waals surface area contributed by atoms with Gasteiger partial charge >= 0.3 is 0 Å². The number of carbonyl (C=O) groups is 1. The lowest BCUT2D eigenvalue weighted by molar-refractivity contribution is -0.125. The van der Waals surface area contributed by atoms with E-state index < -0.39 is 0 Å². The number of rotatable bonds is 0. The molecule has 3 atom stereocenters. The molecule has 2 unspecified atom stereocenters. The smallest absolute Gasteiger partial charge is 0.139 e. The average Bonchev–Trinajstić information content (AvgIpc) is 2.46. The zero-order valence-electron chi connectivity index (χ0n) is 7.55. The minimum absolute atomic E-state index is 0.345. The molecule has 2 saturated carbocycles. The fourth-order valence-electron chi connectivity index (χ4n) is 2.73. The summed E-state index contributed by atoms with van der Waals surface area (Å²) in [5.74, 6) is 2.03. The molecule has 2 fully saturated rings. The maximum atomic E-state index is 11.6. The van der Waals surface area contributed by atoms with Crippen LogP contribution in [0.25, 0.3) is 0 Å². The van der Waals surface area contributed by atoms with Gasteiger partial charge in [-0.2, -0.15) is 0 Å². The third kappa shape index (κ3) is 0.800. The second-order valence-corrected chi connectivity index (χ2v) is 4.79. The summed E-state index contributed by atoms with van der Waals surface area (Å²) in [6.07, 6.45) is 2.41. The normalized spacial score (nSPS) is 46.8. The summed E-state index contributed by atoms with van der Waals surface area (Å²) in [7, 11) is 0. The van der Waals surface area contributed by atoms with Crippen molar-refractivity contribution in [2.24, 2.45) is 23.2 Å². The van der Waals surface area contributed by atoms with Crippen molar-refractivity contribution in [2.45, 2.75) is 33.6 Å². The quantitative estimate of drug-likeness (QED) is 0.520. The number of carbonyl (C=O) groups excluding carboxylic acids is 1. The lowest BCUT2D eigenvalue weighted by atomic mass is 9.90. The number of ketones is 1. The number of hydrogen-bond acceptors (Lipinski definition) is 1. The predicted molar refractivity (Wildman–Crippen MR) is 44.2 cm³/mol. The van der Waals surface area contributed by atoms with E-state index in [4.69, 9.17) is 0 Å². The molecule has 0 aliphatic heterocycles. The van der Waals surface area contributed by atoms with Crippen molar-refractivity contribution < 1.29 is 4.79 Å². The summed E-state index contributed by atoms with van der Waals surface area (Å²) in [6.45, 7) is 6.55. The number of fused-ring (bicyclic) bond motifs is 1. The summed E-state index contributed by atoms with van der Waals surface area (Å²) in [5.41, 5.74) is 0.349. The Balaban J connectivity index is 2.19. The van der Waals surface area contributed by atoms with Gasteiger partial charge in [-0.05, 0) is 24.2 Å². The summed E-state index contributed by atoms with van der Waals surface area (Å²) < 4.78 is 0. The van der Waals surface area contributed by atoms with E-state index in [-0.39, 0.29) is 0 Å². The van der Waals surface area contributed by atoms with Gasteiger partial charge in [0.25, 0.3) is 0 Å². The first-order chi connectivity index (χ1) is 5.05. The molecule has 0 aromatic heterocycles. The molecule has 1 heteroatoms. The van der Waals surface area contributed by atoms with Crippen LogP contribution in [-0.4, -0.2) is 5.78 Å².